The second-order valence-corrected chi connectivity index (χ2v) is 9.23. The summed E-state index contributed by atoms with van der Waals surface area (Å²) in [6.45, 7) is 1.37. The van der Waals surface area contributed by atoms with E-state index in [1.54, 1.807) is 28.0 Å². The second kappa shape index (κ2) is 10.2. The molecular formula is C24H21IN8O2. The Balaban J connectivity index is 1.34. The van der Waals surface area contributed by atoms with Gasteiger partial charge in [0.25, 0.3) is 5.56 Å². The average molecular weight is 580 g/mol. The van der Waals surface area contributed by atoms with Gasteiger partial charge in [-0.05, 0) is 33.7 Å². The molecule has 0 aliphatic carbocycles. The van der Waals surface area contributed by atoms with Gasteiger partial charge in [-0.25, -0.2) is 14.2 Å². The van der Waals surface area contributed by atoms with Crippen LogP contribution in [0.3, 0.4) is 0 Å². The summed E-state index contributed by atoms with van der Waals surface area (Å²) in [4.78, 5) is 25.9. The Morgan fingerprint density at radius 1 is 0.657 bits per heavy atom. The third kappa shape index (κ3) is 5.45. The minimum atomic E-state index is -0.439. The van der Waals surface area contributed by atoms with E-state index in [2.05, 4.69) is 20.6 Å². The Morgan fingerprint density at radius 3 is 1.71 bits per heavy atom. The van der Waals surface area contributed by atoms with Gasteiger partial charge in [-0.1, -0.05) is 71.1 Å². The Bertz CT molecular complexity index is 1550. The Labute approximate surface area is 213 Å². The van der Waals surface area contributed by atoms with Gasteiger partial charge in [0.15, 0.2) is 0 Å². The molecule has 5 rings (SSSR count). The Morgan fingerprint density at radius 2 is 1.17 bits per heavy atom. The summed E-state index contributed by atoms with van der Waals surface area (Å²) in [6, 6.07) is 19.8. The van der Waals surface area contributed by atoms with Crippen LogP contribution in [0.1, 0.15) is 22.5 Å². The predicted octanol–water partition coefficient (Wildman–Crippen LogP) is 1.99. The highest BCUT2D eigenvalue weighted by molar-refractivity contribution is 14.1. The van der Waals surface area contributed by atoms with Crippen LogP contribution in [-0.4, -0.2) is 39.1 Å². The first kappa shape index (κ1) is 22.9. The fourth-order valence-corrected chi connectivity index (χ4v) is 4.35. The monoisotopic (exact) mass is 580 g/mol. The van der Waals surface area contributed by atoms with Gasteiger partial charge >= 0.3 is 5.69 Å². The van der Waals surface area contributed by atoms with Crippen molar-refractivity contribution in [1.82, 2.24) is 39.1 Å². The van der Waals surface area contributed by atoms with Crippen LogP contribution < -0.4 is 11.2 Å². The molecule has 0 fully saturated rings. The van der Waals surface area contributed by atoms with E-state index in [0.717, 1.165) is 11.1 Å². The number of nitrogens with zero attached hydrogens (tertiary/aromatic N) is 8. The highest BCUT2D eigenvalue weighted by Gasteiger charge is 2.14. The van der Waals surface area contributed by atoms with Crippen molar-refractivity contribution in [2.24, 2.45) is 0 Å². The molecule has 0 radical (unpaired) electrons. The summed E-state index contributed by atoms with van der Waals surface area (Å²) in [5.41, 5.74) is 2.53. The van der Waals surface area contributed by atoms with Crippen LogP contribution in [0.2, 0.25) is 0 Å². The molecule has 0 N–H and O–H groups in total. The second-order valence-electron chi connectivity index (χ2n) is 8.06. The summed E-state index contributed by atoms with van der Waals surface area (Å²) in [7, 11) is 0. The molecule has 2 aromatic carbocycles. The summed E-state index contributed by atoms with van der Waals surface area (Å²) < 4.78 is 6.48. The van der Waals surface area contributed by atoms with Crippen LogP contribution in [0.15, 0.2) is 88.8 Å². The quantitative estimate of drug-likeness (QED) is 0.260. The molecular weight excluding hydrogens is 559 g/mol. The predicted molar refractivity (Wildman–Crippen MR) is 137 cm³/mol. The van der Waals surface area contributed by atoms with E-state index in [-0.39, 0.29) is 18.6 Å². The average Bonchev–Trinajstić information content (AvgIpc) is 3.50. The van der Waals surface area contributed by atoms with Crippen molar-refractivity contribution in [3.05, 3.63) is 126 Å². The normalized spacial score (nSPS) is 11.1. The van der Waals surface area contributed by atoms with E-state index in [1.165, 1.54) is 9.13 Å². The highest BCUT2D eigenvalue weighted by Crippen LogP contribution is 2.05. The molecule has 0 saturated heterocycles. The Kier molecular flexibility index (Phi) is 6.66. The van der Waals surface area contributed by atoms with E-state index in [9.17, 15) is 9.59 Å². The maximum Gasteiger partial charge on any atom is 0.331 e. The van der Waals surface area contributed by atoms with Crippen molar-refractivity contribution in [1.29, 1.82) is 0 Å². The van der Waals surface area contributed by atoms with E-state index in [0.29, 0.717) is 28.0 Å². The van der Waals surface area contributed by atoms with E-state index < -0.39 is 5.69 Å². The zero-order valence-corrected chi connectivity index (χ0v) is 20.8. The van der Waals surface area contributed by atoms with Gasteiger partial charge < -0.3 is 0 Å². The first-order valence-corrected chi connectivity index (χ1v) is 12.0. The van der Waals surface area contributed by atoms with Crippen molar-refractivity contribution >= 4 is 22.6 Å². The molecule has 10 nitrogen and oxygen atoms in total. The zero-order chi connectivity index (χ0) is 24.2. The van der Waals surface area contributed by atoms with Crippen LogP contribution in [0, 0.1) is 3.57 Å². The molecule has 35 heavy (non-hydrogen) atoms. The van der Waals surface area contributed by atoms with Gasteiger partial charge in [-0.3, -0.25) is 13.9 Å². The van der Waals surface area contributed by atoms with E-state index in [1.807, 2.05) is 83.3 Å². The first-order chi connectivity index (χ1) is 17.0. The molecule has 0 saturated carbocycles. The number of halogens is 1. The maximum atomic E-state index is 13.2. The molecule has 0 spiro atoms. The van der Waals surface area contributed by atoms with Crippen molar-refractivity contribution in [2.45, 2.75) is 26.2 Å². The van der Waals surface area contributed by atoms with Crippen LogP contribution in [0.5, 0.6) is 0 Å². The lowest BCUT2D eigenvalue weighted by atomic mass is 10.2. The molecule has 0 unspecified atom stereocenters. The van der Waals surface area contributed by atoms with Gasteiger partial charge in [-0.15, -0.1) is 10.2 Å². The molecule has 0 amide bonds. The molecule has 3 aromatic heterocycles. The third-order valence-electron chi connectivity index (χ3n) is 5.39. The summed E-state index contributed by atoms with van der Waals surface area (Å²) in [6.07, 6.45) is 5.10. The third-order valence-corrected chi connectivity index (χ3v) is 6.13. The standard InChI is InChI=1S/C24H21IN8O2/c25-22-17-30(13-20-14-31(28-26-20)11-18-7-3-1-4-8-18)24(35)33(23(22)34)16-21-15-32(29-27-21)12-19-9-5-2-6-10-19/h1-10,14-15,17H,11-13,16H2. The zero-order valence-electron chi connectivity index (χ0n) is 18.6. The highest BCUT2D eigenvalue weighted by atomic mass is 127. The van der Waals surface area contributed by atoms with Crippen LogP contribution in [0.25, 0.3) is 0 Å². The SMILES string of the molecule is O=c1c(I)cn(Cc2cn(Cc3ccccc3)nn2)c(=O)n1Cc1cn(Cc2ccccc2)nn1. The van der Waals surface area contributed by atoms with Crippen molar-refractivity contribution < 1.29 is 0 Å². The lowest BCUT2D eigenvalue weighted by Gasteiger charge is -2.09. The van der Waals surface area contributed by atoms with Crippen LogP contribution in [0.4, 0.5) is 0 Å². The van der Waals surface area contributed by atoms with Crippen LogP contribution in [-0.2, 0) is 26.2 Å². The van der Waals surface area contributed by atoms with E-state index in [4.69, 9.17) is 0 Å². The van der Waals surface area contributed by atoms with Gasteiger partial charge in [-0.2, -0.15) is 0 Å². The molecule has 176 valence electrons. The number of aromatic nitrogens is 8. The van der Waals surface area contributed by atoms with Crippen molar-refractivity contribution in [3.63, 3.8) is 0 Å². The van der Waals surface area contributed by atoms with Gasteiger partial charge in [0.2, 0.25) is 0 Å². The summed E-state index contributed by atoms with van der Waals surface area (Å²) in [5.74, 6) is 0. The fraction of sp³-hybridized carbons (Fsp3) is 0.167. The molecule has 3 heterocycles. The van der Waals surface area contributed by atoms with Gasteiger partial charge in [0.05, 0.1) is 42.1 Å². The van der Waals surface area contributed by atoms with Crippen LogP contribution >= 0.6 is 22.6 Å². The molecule has 0 bridgehead atoms. The lowest BCUT2D eigenvalue weighted by Crippen LogP contribution is -2.41. The van der Waals surface area contributed by atoms with Crippen molar-refractivity contribution in [2.75, 3.05) is 0 Å². The van der Waals surface area contributed by atoms with Crippen molar-refractivity contribution in [3.8, 4) is 0 Å². The maximum absolute atomic E-state index is 13.2. The Hall–Kier alpha value is -3.87. The summed E-state index contributed by atoms with van der Waals surface area (Å²) >= 11 is 1.94. The molecule has 0 aliphatic rings. The molecule has 11 heteroatoms. The van der Waals surface area contributed by atoms with Gasteiger partial charge in [0.1, 0.15) is 11.4 Å². The number of rotatable bonds is 8. The van der Waals surface area contributed by atoms with E-state index >= 15 is 0 Å². The molecule has 0 aliphatic heterocycles. The minimum absolute atomic E-state index is 0.0317. The lowest BCUT2D eigenvalue weighted by molar-refractivity contribution is 0.594. The smallest absolute Gasteiger partial charge is 0.293 e. The number of hydrogen-bond donors (Lipinski definition) is 0. The molecule has 5 aromatic rings. The number of benzene rings is 2. The largest absolute Gasteiger partial charge is 0.331 e. The fourth-order valence-electron chi connectivity index (χ4n) is 3.72. The molecule has 0 atom stereocenters. The number of hydrogen-bond acceptors (Lipinski definition) is 6. The van der Waals surface area contributed by atoms with Gasteiger partial charge in [0, 0.05) is 6.20 Å². The first-order valence-electron chi connectivity index (χ1n) is 10.9. The minimum Gasteiger partial charge on any atom is -0.293 e. The summed E-state index contributed by atoms with van der Waals surface area (Å²) in [5, 5.41) is 16.6. The topological polar surface area (TPSA) is 105 Å².